The highest BCUT2D eigenvalue weighted by molar-refractivity contribution is 5.08. The number of nitrogens with zero attached hydrogens (tertiary/aromatic N) is 1. The van der Waals surface area contributed by atoms with Gasteiger partial charge in [0, 0.05) is 18.8 Å². The lowest BCUT2D eigenvalue weighted by Crippen LogP contribution is -2.23. The van der Waals surface area contributed by atoms with Crippen LogP contribution in [-0.4, -0.2) is 30.9 Å². The van der Waals surface area contributed by atoms with Gasteiger partial charge in [-0.25, -0.2) is 4.98 Å². The molecular weight excluding hydrogens is 233 g/mol. The van der Waals surface area contributed by atoms with E-state index in [-0.39, 0.29) is 6.54 Å². The van der Waals surface area contributed by atoms with Crippen molar-refractivity contribution in [3.8, 4) is 5.88 Å². The van der Waals surface area contributed by atoms with Crippen molar-refractivity contribution in [2.75, 3.05) is 19.7 Å². The lowest BCUT2D eigenvalue weighted by atomic mass is 10.4. The normalized spacial score (nSPS) is 11.5. The maximum atomic E-state index is 11.8. The third-order valence-corrected chi connectivity index (χ3v) is 1.97. The highest BCUT2D eigenvalue weighted by atomic mass is 19.4. The molecule has 6 heteroatoms. The summed E-state index contributed by atoms with van der Waals surface area (Å²) in [4.78, 5) is 3.95. The SMILES string of the molecule is FC(F)(F)CCNCCCOc1ccccn1. The Hall–Kier alpha value is -1.30. The first-order valence-corrected chi connectivity index (χ1v) is 5.39. The molecule has 0 bridgehead atoms. The Morgan fingerprint density at radius 2 is 2.06 bits per heavy atom. The van der Waals surface area contributed by atoms with Crippen molar-refractivity contribution in [2.24, 2.45) is 0 Å². The third kappa shape index (κ3) is 7.57. The molecule has 0 aromatic carbocycles. The molecular formula is C11H15F3N2O. The van der Waals surface area contributed by atoms with E-state index in [1.165, 1.54) is 0 Å². The van der Waals surface area contributed by atoms with E-state index in [9.17, 15) is 13.2 Å². The van der Waals surface area contributed by atoms with E-state index in [0.29, 0.717) is 25.5 Å². The molecule has 1 aromatic heterocycles. The lowest BCUT2D eigenvalue weighted by molar-refractivity contribution is -0.133. The van der Waals surface area contributed by atoms with Crippen LogP contribution >= 0.6 is 0 Å². The summed E-state index contributed by atoms with van der Waals surface area (Å²) in [5, 5.41) is 2.71. The Kier molecular flexibility index (Phi) is 5.76. The van der Waals surface area contributed by atoms with Gasteiger partial charge in [-0.2, -0.15) is 13.2 Å². The van der Waals surface area contributed by atoms with E-state index in [1.54, 1.807) is 18.3 Å². The van der Waals surface area contributed by atoms with Gasteiger partial charge in [-0.15, -0.1) is 0 Å². The van der Waals surface area contributed by atoms with Gasteiger partial charge in [-0.1, -0.05) is 6.07 Å². The fraction of sp³-hybridized carbons (Fsp3) is 0.545. The van der Waals surface area contributed by atoms with Gasteiger partial charge in [0.1, 0.15) is 0 Å². The fourth-order valence-electron chi connectivity index (χ4n) is 1.16. The number of nitrogens with one attached hydrogen (secondary N) is 1. The number of rotatable bonds is 7. The summed E-state index contributed by atoms with van der Waals surface area (Å²) in [5.41, 5.74) is 0. The average molecular weight is 248 g/mol. The molecule has 0 aliphatic heterocycles. The molecule has 3 nitrogen and oxygen atoms in total. The summed E-state index contributed by atoms with van der Waals surface area (Å²) in [6.45, 7) is 0.895. The molecule has 1 heterocycles. The Morgan fingerprint density at radius 3 is 2.71 bits per heavy atom. The van der Waals surface area contributed by atoms with Gasteiger partial charge in [0.15, 0.2) is 0 Å². The number of hydrogen-bond acceptors (Lipinski definition) is 3. The Morgan fingerprint density at radius 1 is 1.24 bits per heavy atom. The van der Waals surface area contributed by atoms with Gasteiger partial charge in [0.25, 0.3) is 0 Å². The minimum absolute atomic E-state index is 0.0485. The van der Waals surface area contributed by atoms with Crippen molar-refractivity contribution in [1.82, 2.24) is 10.3 Å². The monoisotopic (exact) mass is 248 g/mol. The van der Waals surface area contributed by atoms with E-state index in [1.807, 2.05) is 6.07 Å². The van der Waals surface area contributed by atoms with E-state index >= 15 is 0 Å². The van der Waals surface area contributed by atoms with E-state index in [0.717, 1.165) is 0 Å². The maximum absolute atomic E-state index is 11.8. The molecule has 0 aliphatic rings. The summed E-state index contributed by atoms with van der Waals surface area (Å²) >= 11 is 0. The van der Waals surface area contributed by atoms with E-state index in [2.05, 4.69) is 10.3 Å². The van der Waals surface area contributed by atoms with Crippen LogP contribution in [0, 0.1) is 0 Å². The zero-order valence-electron chi connectivity index (χ0n) is 9.33. The maximum Gasteiger partial charge on any atom is 0.390 e. The molecule has 0 atom stereocenters. The Bertz CT molecular complexity index is 303. The first kappa shape index (κ1) is 13.8. The van der Waals surface area contributed by atoms with Crippen LogP contribution in [0.25, 0.3) is 0 Å². The van der Waals surface area contributed by atoms with Crippen molar-refractivity contribution in [2.45, 2.75) is 19.0 Å². The molecule has 0 spiro atoms. The fourth-order valence-corrected chi connectivity index (χ4v) is 1.16. The van der Waals surface area contributed by atoms with Crippen molar-refractivity contribution >= 4 is 0 Å². The summed E-state index contributed by atoms with van der Waals surface area (Å²) in [7, 11) is 0. The highest BCUT2D eigenvalue weighted by Gasteiger charge is 2.25. The molecule has 0 saturated heterocycles. The van der Waals surface area contributed by atoms with Crippen LogP contribution in [0.3, 0.4) is 0 Å². The molecule has 0 fully saturated rings. The summed E-state index contributed by atoms with van der Waals surface area (Å²) < 4.78 is 40.6. The van der Waals surface area contributed by atoms with Gasteiger partial charge in [0.2, 0.25) is 5.88 Å². The van der Waals surface area contributed by atoms with Crippen LogP contribution in [0.2, 0.25) is 0 Å². The summed E-state index contributed by atoms with van der Waals surface area (Å²) in [6, 6.07) is 5.33. The Balaban J connectivity index is 1.95. The first-order valence-electron chi connectivity index (χ1n) is 5.39. The summed E-state index contributed by atoms with van der Waals surface area (Å²) in [6.07, 6.45) is -2.61. The molecule has 1 aromatic rings. The number of aromatic nitrogens is 1. The molecule has 1 N–H and O–H groups in total. The molecule has 0 amide bonds. The Labute approximate surface area is 98.0 Å². The average Bonchev–Trinajstić information content (AvgIpc) is 2.28. The van der Waals surface area contributed by atoms with Gasteiger partial charge < -0.3 is 10.1 Å². The van der Waals surface area contributed by atoms with Crippen LogP contribution < -0.4 is 10.1 Å². The van der Waals surface area contributed by atoms with Crippen LogP contribution in [0.5, 0.6) is 5.88 Å². The second-order valence-corrected chi connectivity index (χ2v) is 3.49. The van der Waals surface area contributed by atoms with Crippen LogP contribution in [-0.2, 0) is 0 Å². The minimum atomic E-state index is -4.09. The number of hydrogen-bond donors (Lipinski definition) is 1. The smallest absolute Gasteiger partial charge is 0.390 e. The van der Waals surface area contributed by atoms with E-state index < -0.39 is 12.6 Å². The topological polar surface area (TPSA) is 34.1 Å². The minimum Gasteiger partial charge on any atom is -0.478 e. The lowest BCUT2D eigenvalue weighted by Gasteiger charge is -2.08. The molecule has 96 valence electrons. The molecule has 0 radical (unpaired) electrons. The standard InChI is InChI=1S/C11H15F3N2O/c12-11(13,14)5-8-15-6-3-9-17-10-4-1-2-7-16-10/h1-2,4,7,15H,3,5-6,8-9H2. The van der Waals surface area contributed by atoms with Crippen molar-refractivity contribution < 1.29 is 17.9 Å². The van der Waals surface area contributed by atoms with Crippen LogP contribution in [0.1, 0.15) is 12.8 Å². The largest absolute Gasteiger partial charge is 0.478 e. The molecule has 0 aliphatic carbocycles. The second-order valence-electron chi connectivity index (χ2n) is 3.49. The number of halogens is 3. The van der Waals surface area contributed by atoms with E-state index in [4.69, 9.17) is 4.74 Å². The molecule has 17 heavy (non-hydrogen) atoms. The molecule has 1 rings (SSSR count). The van der Waals surface area contributed by atoms with Crippen molar-refractivity contribution in [3.05, 3.63) is 24.4 Å². The third-order valence-electron chi connectivity index (χ3n) is 1.97. The quantitative estimate of drug-likeness (QED) is 0.752. The number of ether oxygens (including phenoxy) is 1. The first-order chi connectivity index (χ1) is 8.08. The number of alkyl halides is 3. The van der Waals surface area contributed by atoms with Gasteiger partial charge >= 0.3 is 6.18 Å². The molecule has 0 unspecified atom stereocenters. The van der Waals surface area contributed by atoms with Crippen molar-refractivity contribution in [3.63, 3.8) is 0 Å². The van der Waals surface area contributed by atoms with Gasteiger partial charge in [0.05, 0.1) is 13.0 Å². The summed E-state index contributed by atoms with van der Waals surface area (Å²) in [5.74, 6) is 0.530. The predicted octanol–water partition coefficient (Wildman–Crippen LogP) is 2.39. The van der Waals surface area contributed by atoms with Gasteiger partial charge in [-0.3, -0.25) is 0 Å². The van der Waals surface area contributed by atoms with Crippen LogP contribution in [0.4, 0.5) is 13.2 Å². The highest BCUT2D eigenvalue weighted by Crippen LogP contribution is 2.17. The zero-order chi connectivity index (χ0) is 12.6. The second kappa shape index (κ2) is 7.11. The predicted molar refractivity (Wildman–Crippen MR) is 57.9 cm³/mol. The van der Waals surface area contributed by atoms with Crippen molar-refractivity contribution in [1.29, 1.82) is 0 Å². The molecule has 0 saturated carbocycles. The van der Waals surface area contributed by atoms with Gasteiger partial charge in [-0.05, 0) is 19.0 Å². The van der Waals surface area contributed by atoms with Crippen LogP contribution in [0.15, 0.2) is 24.4 Å². The zero-order valence-corrected chi connectivity index (χ0v) is 9.33. The number of pyridine rings is 1.